The van der Waals surface area contributed by atoms with Gasteiger partial charge >= 0.3 is 0 Å². The minimum Gasteiger partial charge on any atom is -0.367 e. The van der Waals surface area contributed by atoms with Crippen LogP contribution in [0.4, 0.5) is 11.4 Å². The molecule has 26 heavy (non-hydrogen) atoms. The molecule has 3 nitrogen and oxygen atoms in total. The molecule has 1 N–H and O–H groups in total. The maximum Gasteiger partial charge on any atom is 0.224 e. The lowest BCUT2D eigenvalue weighted by Crippen LogP contribution is -2.23. The van der Waals surface area contributed by atoms with Crippen LogP contribution in [0, 0.1) is 19.3 Å². The SMILES string of the molecule is Cc1cc(N2CCCc3sccc3C2)cc(C)c1NC(=O)CC(C)(C)C. The summed E-state index contributed by atoms with van der Waals surface area (Å²) in [5.74, 6) is 0.0918. The average Bonchev–Trinajstić information content (AvgIpc) is 2.86. The summed E-state index contributed by atoms with van der Waals surface area (Å²) in [6.07, 6.45) is 2.90. The van der Waals surface area contributed by atoms with Gasteiger partial charge in [0.2, 0.25) is 5.91 Å². The Hall–Kier alpha value is -1.81. The summed E-state index contributed by atoms with van der Waals surface area (Å²) in [7, 11) is 0. The Morgan fingerprint density at radius 1 is 1.23 bits per heavy atom. The van der Waals surface area contributed by atoms with Crippen LogP contribution in [0.2, 0.25) is 0 Å². The molecule has 0 radical (unpaired) electrons. The summed E-state index contributed by atoms with van der Waals surface area (Å²) in [6.45, 7) is 12.5. The third-order valence-electron chi connectivity index (χ3n) is 4.87. The number of benzene rings is 1. The molecule has 0 aliphatic carbocycles. The lowest BCUT2D eigenvalue weighted by molar-refractivity contribution is -0.117. The number of thiophene rings is 1. The first-order chi connectivity index (χ1) is 12.2. The van der Waals surface area contributed by atoms with Crippen molar-refractivity contribution >= 4 is 28.6 Å². The summed E-state index contributed by atoms with van der Waals surface area (Å²) in [5, 5.41) is 5.34. The molecule has 1 aromatic carbocycles. The Balaban J connectivity index is 1.80. The van der Waals surface area contributed by atoms with Crippen LogP contribution in [0.1, 0.15) is 55.2 Å². The van der Waals surface area contributed by atoms with Gasteiger partial charge in [0.25, 0.3) is 0 Å². The fourth-order valence-electron chi connectivity index (χ4n) is 3.65. The van der Waals surface area contributed by atoms with E-state index in [-0.39, 0.29) is 11.3 Å². The number of carbonyl (C=O) groups excluding carboxylic acids is 1. The zero-order chi connectivity index (χ0) is 18.9. The molecule has 2 aromatic rings. The number of hydrogen-bond donors (Lipinski definition) is 1. The molecule has 0 bridgehead atoms. The van der Waals surface area contributed by atoms with Crippen molar-refractivity contribution in [2.75, 3.05) is 16.8 Å². The number of rotatable bonds is 3. The van der Waals surface area contributed by atoms with Crippen LogP contribution in [-0.2, 0) is 17.8 Å². The normalized spacial score (nSPS) is 14.7. The summed E-state index contributed by atoms with van der Waals surface area (Å²) in [4.78, 5) is 16.4. The lowest BCUT2D eigenvalue weighted by Gasteiger charge is -2.25. The van der Waals surface area contributed by atoms with Gasteiger partial charge in [0.1, 0.15) is 0 Å². The highest BCUT2D eigenvalue weighted by atomic mass is 32.1. The van der Waals surface area contributed by atoms with Crippen molar-refractivity contribution < 1.29 is 4.79 Å². The first-order valence-corrected chi connectivity index (χ1v) is 10.3. The van der Waals surface area contributed by atoms with E-state index in [2.05, 4.69) is 68.4 Å². The number of amides is 1. The van der Waals surface area contributed by atoms with Gasteiger partial charge in [0.05, 0.1) is 0 Å². The molecule has 1 aliphatic heterocycles. The molecule has 0 unspecified atom stereocenters. The third kappa shape index (κ3) is 4.47. The number of hydrogen-bond acceptors (Lipinski definition) is 3. The molecule has 2 heterocycles. The van der Waals surface area contributed by atoms with Crippen molar-refractivity contribution in [3.05, 3.63) is 45.1 Å². The Labute approximate surface area is 161 Å². The maximum atomic E-state index is 12.4. The van der Waals surface area contributed by atoms with Gasteiger partial charge < -0.3 is 10.2 Å². The fourth-order valence-corrected chi connectivity index (χ4v) is 4.59. The highest BCUT2D eigenvalue weighted by molar-refractivity contribution is 7.10. The molecule has 3 rings (SSSR count). The molecule has 140 valence electrons. The standard InChI is InChI=1S/C22H30N2OS/c1-15-11-18(24-9-6-7-19-17(14-24)8-10-26-19)12-16(2)21(15)23-20(25)13-22(3,4)5/h8,10-12H,6-7,9,13-14H2,1-5H3,(H,23,25). The van der Waals surface area contributed by atoms with Crippen molar-refractivity contribution in [1.82, 2.24) is 0 Å². The average molecular weight is 371 g/mol. The van der Waals surface area contributed by atoms with Gasteiger partial charge in [-0.3, -0.25) is 4.79 Å². The molecule has 1 aromatic heterocycles. The second-order valence-corrected chi connectivity index (χ2v) is 9.63. The summed E-state index contributed by atoms with van der Waals surface area (Å²) in [5.41, 5.74) is 5.96. The van der Waals surface area contributed by atoms with Crippen LogP contribution in [0.15, 0.2) is 23.6 Å². The quantitative estimate of drug-likeness (QED) is 0.752. The number of carbonyl (C=O) groups is 1. The second-order valence-electron chi connectivity index (χ2n) is 8.63. The molecule has 0 saturated carbocycles. The number of nitrogens with zero attached hydrogens (tertiary/aromatic N) is 1. The van der Waals surface area contributed by atoms with Gasteiger partial charge in [-0.05, 0) is 72.4 Å². The van der Waals surface area contributed by atoms with Crippen molar-refractivity contribution in [1.29, 1.82) is 0 Å². The Bertz CT molecular complexity index is 778. The first-order valence-electron chi connectivity index (χ1n) is 9.44. The minimum absolute atomic E-state index is 0.00384. The number of anilines is 2. The van der Waals surface area contributed by atoms with Crippen molar-refractivity contribution in [3.63, 3.8) is 0 Å². The van der Waals surface area contributed by atoms with E-state index in [0.717, 1.165) is 29.9 Å². The van der Waals surface area contributed by atoms with Crippen LogP contribution in [0.25, 0.3) is 0 Å². The Morgan fingerprint density at radius 2 is 1.92 bits per heavy atom. The number of fused-ring (bicyclic) bond motifs is 1. The van der Waals surface area contributed by atoms with Gasteiger partial charge in [-0.1, -0.05) is 20.8 Å². The molecular weight excluding hydrogens is 340 g/mol. The van der Waals surface area contributed by atoms with E-state index in [1.165, 1.54) is 29.0 Å². The zero-order valence-electron chi connectivity index (χ0n) is 16.6. The van der Waals surface area contributed by atoms with Gasteiger partial charge in [0, 0.05) is 35.8 Å². The van der Waals surface area contributed by atoms with Crippen molar-refractivity contribution in [3.8, 4) is 0 Å². The molecule has 0 saturated heterocycles. The first kappa shape index (κ1) is 19.0. The van der Waals surface area contributed by atoms with E-state index in [9.17, 15) is 4.79 Å². The van der Waals surface area contributed by atoms with Gasteiger partial charge in [-0.2, -0.15) is 0 Å². The lowest BCUT2D eigenvalue weighted by atomic mass is 9.92. The smallest absolute Gasteiger partial charge is 0.224 e. The van der Waals surface area contributed by atoms with Gasteiger partial charge in [-0.15, -0.1) is 11.3 Å². The van der Waals surface area contributed by atoms with Crippen LogP contribution in [0.3, 0.4) is 0 Å². The van der Waals surface area contributed by atoms with E-state index in [1.807, 2.05) is 11.3 Å². The van der Waals surface area contributed by atoms with Crippen LogP contribution < -0.4 is 10.2 Å². The van der Waals surface area contributed by atoms with E-state index in [0.29, 0.717) is 6.42 Å². The molecule has 4 heteroatoms. The fraction of sp³-hybridized carbons (Fsp3) is 0.500. The summed E-state index contributed by atoms with van der Waals surface area (Å²) in [6, 6.07) is 6.70. The summed E-state index contributed by atoms with van der Waals surface area (Å²) < 4.78 is 0. The maximum absolute atomic E-state index is 12.4. The highest BCUT2D eigenvalue weighted by Crippen LogP contribution is 2.32. The molecule has 0 atom stereocenters. The van der Waals surface area contributed by atoms with E-state index >= 15 is 0 Å². The van der Waals surface area contributed by atoms with E-state index in [4.69, 9.17) is 0 Å². The van der Waals surface area contributed by atoms with Gasteiger partial charge in [0.15, 0.2) is 0 Å². The highest BCUT2D eigenvalue weighted by Gasteiger charge is 2.19. The molecule has 1 amide bonds. The van der Waals surface area contributed by atoms with Crippen molar-refractivity contribution in [2.24, 2.45) is 5.41 Å². The Morgan fingerprint density at radius 3 is 2.58 bits per heavy atom. The second kappa shape index (κ2) is 7.43. The topological polar surface area (TPSA) is 32.3 Å². The van der Waals surface area contributed by atoms with Gasteiger partial charge in [-0.25, -0.2) is 0 Å². The van der Waals surface area contributed by atoms with E-state index in [1.54, 1.807) is 0 Å². The predicted molar refractivity (Wildman–Crippen MR) is 112 cm³/mol. The van der Waals surface area contributed by atoms with Crippen LogP contribution in [0.5, 0.6) is 0 Å². The monoisotopic (exact) mass is 370 g/mol. The minimum atomic E-state index is -0.00384. The number of aryl methyl sites for hydroxylation is 3. The van der Waals surface area contributed by atoms with E-state index < -0.39 is 0 Å². The molecular formula is C22H30N2OS. The predicted octanol–water partition coefficient (Wildman–Crippen LogP) is 5.69. The van der Waals surface area contributed by atoms with Crippen LogP contribution in [-0.4, -0.2) is 12.5 Å². The zero-order valence-corrected chi connectivity index (χ0v) is 17.4. The molecule has 0 spiro atoms. The number of nitrogens with one attached hydrogen (secondary N) is 1. The largest absolute Gasteiger partial charge is 0.367 e. The molecule has 0 fully saturated rings. The van der Waals surface area contributed by atoms with Crippen LogP contribution >= 0.6 is 11.3 Å². The molecule has 1 aliphatic rings. The Kier molecular flexibility index (Phi) is 5.42. The summed E-state index contributed by atoms with van der Waals surface area (Å²) >= 11 is 1.88. The van der Waals surface area contributed by atoms with Crippen molar-refractivity contribution in [2.45, 2.75) is 60.4 Å². The third-order valence-corrected chi connectivity index (χ3v) is 5.89.